The molecule has 0 fully saturated rings. The van der Waals surface area contributed by atoms with Gasteiger partial charge in [0.1, 0.15) is 16.1 Å². The van der Waals surface area contributed by atoms with Crippen LogP contribution < -0.4 is 25.6 Å². The van der Waals surface area contributed by atoms with Gasteiger partial charge in [-0.2, -0.15) is 0 Å². The van der Waals surface area contributed by atoms with Gasteiger partial charge in [-0.25, -0.2) is 0 Å². The summed E-state index contributed by atoms with van der Waals surface area (Å²) in [6.07, 6.45) is 0. The Morgan fingerprint density at radius 1 is 0.347 bits per heavy atom. The Kier molecular flexibility index (Phi) is 6.81. The molecule has 7 aromatic carbocycles. The number of benzene rings is 7. The minimum atomic E-state index is -1.83. The molecule has 0 bridgehead atoms. The zero-order valence-electron chi connectivity index (χ0n) is 28.5. The van der Waals surface area contributed by atoms with Crippen LogP contribution >= 0.6 is 0 Å². The average molecular weight is 662 g/mol. The Morgan fingerprint density at radius 2 is 0.816 bits per heavy atom. The van der Waals surface area contributed by atoms with Gasteiger partial charge in [0.15, 0.2) is 0 Å². The summed E-state index contributed by atoms with van der Waals surface area (Å²) in [5.74, 6) is 0. The third-order valence-corrected chi connectivity index (χ3v) is 18.2. The molecule has 2 aliphatic heterocycles. The highest BCUT2D eigenvalue weighted by atomic mass is 28.3. The molecular formula is C46H39NSi2. The zero-order valence-corrected chi connectivity index (χ0v) is 30.5. The van der Waals surface area contributed by atoms with Crippen molar-refractivity contribution < 1.29 is 0 Å². The van der Waals surface area contributed by atoms with Crippen molar-refractivity contribution in [3.8, 4) is 44.5 Å². The van der Waals surface area contributed by atoms with E-state index in [2.05, 4.69) is 195 Å². The highest BCUT2D eigenvalue weighted by molar-refractivity contribution is 7.04. The minimum Gasteiger partial charge on any atom is -0.310 e. The number of rotatable bonds is 5. The maximum Gasteiger partial charge on any atom is 0.113 e. The van der Waals surface area contributed by atoms with E-state index >= 15 is 0 Å². The van der Waals surface area contributed by atoms with Crippen LogP contribution in [0.3, 0.4) is 0 Å². The maximum atomic E-state index is 2.49. The van der Waals surface area contributed by atoms with Crippen LogP contribution in [0.4, 0.5) is 17.1 Å². The van der Waals surface area contributed by atoms with Gasteiger partial charge in [0, 0.05) is 16.9 Å². The summed E-state index contributed by atoms with van der Waals surface area (Å²) in [5.41, 5.74) is 14.2. The molecule has 0 aromatic heterocycles. The summed E-state index contributed by atoms with van der Waals surface area (Å²) in [6.45, 7) is 9.97. The highest BCUT2D eigenvalue weighted by Crippen LogP contribution is 2.43. The normalized spacial score (nSPS) is 14.4. The first-order chi connectivity index (χ1) is 23.8. The molecule has 0 spiro atoms. The lowest BCUT2D eigenvalue weighted by Gasteiger charge is -2.29. The van der Waals surface area contributed by atoms with Crippen LogP contribution in [0, 0.1) is 0 Å². The van der Waals surface area contributed by atoms with Crippen LogP contribution in [0.2, 0.25) is 26.2 Å². The number of hydrogen-bond acceptors (Lipinski definition) is 1. The van der Waals surface area contributed by atoms with Crippen LogP contribution in [0.5, 0.6) is 0 Å². The molecular weight excluding hydrogens is 623 g/mol. The smallest absolute Gasteiger partial charge is 0.113 e. The Bertz CT molecular complexity index is 2370. The largest absolute Gasteiger partial charge is 0.310 e. The molecule has 9 rings (SSSR count). The molecule has 7 aromatic rings. The number of nitrogens with zero attached hydrogens (tertiary/aromatic N) is 1. The van der Waals surface area contributed by atoms with E-state index < -0.39 is 16.1 Å². The third kappa shape index (κ3) is 4.64. The zero-order chi connectivity index (χ0) is 33.3. The van der Waals surface area contributed by atoms with E-state index in [9.17, 15) is 0 Å². The van der Waals surface area contributed by atoms with Crippen LogP contribution in [0.15, 0.2) is 164 Å². The summed E-state index contributed by atoms with van der Waals surface area (Å²) in [7, 11) is -3.58. The van der Waals surface area contributed by atoms with E-state index in [1.807, 2.05) is 0 Å². The first kappa shape index (κ1) is 29.9. The lowest BCUT2D eigenvalue weighted by Crippen LogP contribution is -2.49. The fraction of sp³-hybridized carbons (Fsp3) is 0.0870. The summed E-state index contributed by atoms with van der Waals surface area (Å²) < 4.78 is 0. The van der Waals surface area contributed by atoms with E-state index in [-0.39, 0.29) is 0 Å². The second-order valence-corrected chi connectivity index (χ2v) is 23.3. The topological polar surface area (TPSA) is 3.24 Å². The monoisotopic (exact) mass is 661 g/mol. The first-order valence-electron chi connectivity index (χ1n) is 17.4. The van der Waals surface area contributed by atoms with Crippen LogP contribution in [-0.4, -0.2) is 16.1 Å². The lowest BCUT2D eigenvalue weighted by atomic mass is 9.99. The summed E-state index contributed by atoms with van der Waals surface area (Å²) in [6, 6.07) is 61.2. The van der Waals surface area contributed by atoms with Crippen molar-refractivity contribution in [2.24, 2.45) is 0 Å². The fourth-order valence-corrected chi connectivity index (χ4v) is 14.7. The summed E-state index contributed by atoms with van der Waals surface area (Å²) in [4.78, 5) is 2.47. The van der Waals surface area contributed by atoms with Gasteiger partial charge in [-0.05, 0) is 90.0 Å². The van der Waals surface area contributed by atoms with Gasteiger partial charge < -0.3 is 4.90 Å². The second kappa shape index (κ2) is 11.2. The van der Waals surface area contributed by atoms with Gasteiger partial charge in [-0.1, -0.05) is 160 Å². The number of anilines is 3. The van der Waals surface area contributed by atoms with E-state index in [4.69, 9.17) is 0 Å². The second-order valence-electron chi connectivity index (χ2n) is 14.6. The van der Waals surface area contributed by atoms with Crippen LogP contribution in [-0.2, 0) is 0 Å². The van der Waals surface area contributed by atoms with Gasteiger partial charge in [-0.3, -0.25) is 0 Å². The van der Waals surface area contributed by atoms with Gasteiger partial charge in [-0.15, -0.1) is 0 Å². The van der Waals surface area contributed by atoms with Gasteiger partial charge in [0.25, 0.3) is 0 Å². The Balaban J connectivity index is 1.16. The summed E-state index contributed by atoms with van der Waals surface area (Å²) in [5, 5.41) is 6.13. The molecule has 0 aliphatic carbocycles. The highest BCUT2D eigenvalue weighted by Gasteiger charge is 2.40. The molecule has 0 atom stereocenters. The molecule has 0 N–H and O–H groups in total. The standard InChI is InChI=1S/C46H39NSi2/c1-48(2)43-19-11-9-16-40(43)46-41(17-12-20-44(46)48)47(36-26-21-33(22-27-36)32-13-6-5-7-14-32)37-28-23-34(24-29-37)35-25-30-39-38-15-8-10-18-42(38)49(3,4)45(39)31-35/h5-31H,1-4H3. The molecule has 0 amide bonds. The van der Waals surface area contributed by atoms with Crippen molar-refractivity contribution >= 4 is 54.0 Å². The van der Waals surface area contributed by atoms with Crippen LogP contribution in [0.25, 0.3) is 44.5 Å². The first-order valence-corrected chi connectivity index (χ1v) is 23.4. The summed E-state index contributed by atoms with van der Waals surface area (Å²) >= 11 is 0. The van der Waals surface area contributed by atoms with Crippen molar-refractivity contribution in [1.82, 2.24) is 0 Å². The molecule has 3 heteroatoms. The molecule has 0 unspecified atom stereocenters. The molecule has 0 saturated heterocycles. The van der Waals surface area contributed by atoms with E-state index in [1.54, 1.807) is 10.4 Å². The maximum absolute atomic E-state index is 2.49. The molecule has 0 radical (unpaired) electrons. The van der Waals surface area contributed by atoms with Gasteiger partial charge >= 0.3 is 0 Å². The molecule has 49 heavy (non-hydrogen) atoms. The number of fused-ring (bicyclic) bond motifs is 6. The molecule has 236 valence electrons. The van der Waals surface area contributed by atoms with Crippen molar-refractivity contribution in [2.45, 2.75) is 26.2 Å². The van der Waals surface area contributed by atoms with Crippen molar-refractivity contribution in [3.63, 3.8) is 0 Å². The third-order valence-electron chi connectivity index (χ3n) is 11.1. The molecule has 1 nitrogen and oxygen atoms in total. The van der Waals surface area contributed by atoms with Crippen molar-refractivity contribution in [2.75, 3.05) is 4.90 Å². The van der Waals surface area contributed by atoms with E-state index in [0.29, 0.717) is 0 Å². The van der Waals surface area contributed by atoms with Crippen molar-refractivity contribution in [1.29, 1.82) is 0 Å². The van der Waals surface area contributed by atoms with E-state index in [0.717, 1.165) is 11.4 Å². The molecule has 2 aliphatic rings. The Morgan fingerprint density at radius 3 is 1.49 bits per heavy atom. The molecule has 2 heterocycles. The number of hydrogen-bond donors (Lipinski definition) is 0. The van der Waals surface area contributed by atoms with Crippen LogP contribution in [0.1, 0.15) is 0 Å². The Labute approximate surface area is 292 Å². The predicted molar refractivity (Wildman–Crippen MR) is 216 cm³/mol. The Hall–Kier alpha value is -5.23. The molecule has 0 saturated carbocycles. The quantitative estimate of drug-likeness (QED) is 0.166. The fourth-order valence-electron chi connectivity index (χ4n) is 8.47. The van der Waals surface area contributed by atoms with Crippen molar-refractivity contribution in [3.05, 3.63) is 164 Å². The average Bonchev–Trinajstić information content (AvgIpc) is 3.52. The van der Waals surface area contributed by atoms with Gasteiger partial charge in [0.2, 0.25) is 0 Å². The lowest BCUT2D eigenvalue weighted by molar-refractivity contribution is 1.29. The SMILES string of the molecule is C[Si]1(C)c2ccccc2-c2ccc(-c3ccc(N(c4ccc(-c5ccccc5)cc4)c4cccc5c4-c4ccccc4[Si]5(C)C)cc3)cc21. The van der Waals surface area contributed by atoms with Gasteiger partial charge in [0.05, 0.1) is 5.69 Å². The van der Waals surface area contributed by atoms with E-state index in [1.165, 1.54) is 60.6 Å². The predicted octanol–water partition coefficient (Wildman–Crippen LogP) is 10.1. The minimum absolute atomic E-state index is 1.16.